The van der Waals surface area contributed by atoms with Crippen LogP contribution in [0.2, 0.25) is 0 Å². The Bertz CT molecular complexity index is 968. The van der Waals surface area contributed by atoms with Crippen molar-refractivity contribution in [1.29, 1.82) is 0 Å². The summed E-state index contributed by atoms with van der Waals surface area (Å²) in [6.07, 6.45) is 4.27. The van der Waals surface area contributed by atoms with Gasteiger partial charge in [-0.05, 0) is 31.2 Å². The molecular formula is C21H26N6O2. The maximum atomic E-state index is 12.3. The number of fused-ring (bicyclic) bond motifs is 1. The third-order valence-corrected chi connectivity index (χ3v) is 5.42. The van der Waals surface area contributed by atoms with Gasteiger partial charge in [0, 0.05) is 25.9 Å². The van der Waals surface area contributed by atoms with Crippen molar-refractivity contribution in [3.05, 3.63) is 48.2 Å². The monoisotopic (exact) mass is 394 g/mol. The van der Waals surface area contributed by atoms with E-state index in [1.54, 1.807) is 19.4 Å². The number of amides is 2. The number of ether oxygens (including phenoxy) is 1. The number of hydrogen-bond acceptors (Lipinski definition) is 5. The van der Waals surface area contributed by atoms with E-state index in [1.807, 2.05) is 37.3 Å². The minimum Gasteiger partial charge on any atom is -0.381 e. The predicted octanol–water partition coefficient (Wildman–Crippen LogP) is 3.68. The molecule has 8 heteroatoms. The van der Waals surface area contributed by atoms with E-state index in [0.29, 0.717) is 17.8 Å². The van der Waals surface area contributed by atoms with Crippen LogP contribution in [0, 0.1) is 5.92 Å². The summed E-state index contributed by atoms with van der Waals surface area (Å²) in [5.74, 6) is 1.85. The van der Waals surface area contributed by atoms with Crippen LogP contribution in [-0.4, -0.2) is 41.0 Å². The van der Waals surface area contributed by atoms with E-state index in [2.05, 4.69) is 31.1 Å². The molecule has 2 heterocycles. The molecule has 8 nitrogen and oxygen atoms in total. The lowest BCUT2D eigenvalue weighted by Gasteiger charge is -2.34. The minimum atomic E-state index is -0.302. The topological polar surface area (TPSA) is 104 Å². The maximum Gasteiger partial charge on any atom is 0.320 e. The van der Waals surface area contributed by atoms with Crippen LogP contribution in [0.4, 0.5) is 16.4 Å². The van der Waals surface area contributed by atoms with Gasteiger partial charge in [-0.3, -0.25) is 10.4 Å². The summed E-state index contributed by atoms with van der Waals surface area (Å²) in [7, 11) is 1.76. The van der Waals surface area contributed by atoms with Gasteiger partial charge in [-0.25, -0.2) is 9.78 Å². The Morgan fingerprint density at radius 3 is 2.86 bits per heavy atom. The standard InChI is InChI=1S/C21H26N6O2/c1-13(15-6-4-3-5-7-15)24-21(28)25-19-10-18-17(12-22-19)20(27-26-18)23-11-14-8-16(9-14)29-2/h3-7,10,12-14,16H,8-9,11H2,1-2H3,(H2,23,26,27)(H2,22,24,25,28). The zero-order chi connectivity index (χ0) is 20.2. The van der Waals surface area contributed by atoms with Crippen LogP contribution >= 0.6 is 0 Å². The lowest BCUT2D eigenvalue weighted by Crippen LogP contribution is -2.34. The van der Waals surface area contributed by atoms with Gasteiger partial charge in [-0.1, -0.05) is 30.3 Å². The van der Waals surface area contributed by atoms with Crippen molar-refractivity contribution in [2.75, 3.05) is 24.3 Å². The second-order valence-electron chi connectivity index (χ2n) is 7.49. The Kier molecular flexibility index (Phi) is 5.62. The number of aromatic nitrogens is 3. The molecule has 0 bridgehead atoms. The normalized spacial score (nSPS) is 19.4. The highest BCUT2D eigenvalue weighted by molar-refractivity contribution is 5.94. The van der Waals surface area contributed by atoms with Gasteiger partial charge in [-0.15, -0.1) is 0 Å². The molecule has 2 amide bonds. The number of anilines is 2. The van der Waals surface area contributed by atoms with E-state index in [1.165, 1.54) is 0 Å². The van der Waals surface area contributed by atoms with Crippen LogP contribution in [0.5, 0.6) is 0 Å². The third kappa shape index (κ3) is 4.48. The van der Waals surface area contributed by atoms with E-state index < -0.39 is 0 Å². The van der Waals surface area contributed by atoms with Crippen molar-refractivity contribution in [2.45, 2.75) is 31.9 Å². The molecule has 1 saturated carbocycles. The second-order valence-corrected chi connectivity index (χ2v) is 7.49. The first-order valence-electron chi connectivity index (χ1n) is 9.85. The van der Waals surface area contributed by atoms with E-state index in [-0.39, 0.29) is 12.1 Å². The van der Waals surface area contributed by atoms with E-state index in [9.17, 15) is 4.79 Å². The van der Waals surface area contributed by atoms with Gasteiger partial charge in [0.2, 0.25) is 0 Å². The Labute approximate surface area is 169 Å². The van der Waals surface area contributed by atoms with Gasteiger partial charge in [0.15, 0.2) is 5.82 Å². The number of hydrogen-bond donors (Lipinski definition) is 4. The molecule has 1 unspecified atom stereocenters. The highest BCUT2D eigenvalue weighted by Gasteiger charge is 2.28. The van der Waals surface area contributed by atoms with Crippen LogP contribution in [0.3, 0.4) is 0 Å². The van der Waals surface area contributed by atoms with Gasteiger partial charge < -0.3 is 15.4 Å². The van der Waals surface area contributed by atoms with E-state index in [4.69, 9.17) is 4.74 Å². The summed E-state index contributed by atoms with van der Waals surface area (Å²) >= 11 is 0. The molecule has 0 aliphatic heterocycles. The molecule has 1 aromatic carbocycles. The summed E-state index contributed by atoms with van der Waals surface area (Å²) in [6.45, 7) is 2.80. The lowest BCUT2D eigenvalue weighted by atomic mass is 9.82. The number of nitrogens with zero attached hydrogens (tertiary/aromatic N) is 2. The smallest absolute Gasteiger partial charge is 0.320 e. The van der Waals surface area contributed by atoms with E-state index >= 15 is 0 Å². The van der Waals surface area contributed by atoms with Gasteiger partial charge in [0.25, 0.3) is 0 Å². The highest BCUT2D eigenvalue weighted by Crippen LogP contribution is 2.30. The Hall–Kier alpha value is -3.13. The average Bonchev–Trinajstić information content (AvgIpc) is 3.10. The molecule has 0 saturated heterocycles. The van der Waals surface area contributed by atoms with Gasteiger partial charge in [0.1, 0.15) is 5.82 Å². The van der Waals surface area contributed by atoms with Crippen LogP contribution in [0.15, 0.2) is 42.6 Å². The van der Waals surface area contributed by atoms with Crippen molar-refractivity contribution in [1.82, 2.24) is 20.5 Å². The van der Waals surface area contributed by atoms with Crippen molar-refractivity contribution in [3.63, 3.8) is 0 Å². The van der Waals surface area contributed by atoms with Crippen molar-refractivity contribution >= 4 is 28.6 Å². The fourth-order valence-corrected chi connectivity index (χ4v) is 3.56. The Balaban J connectivity index is 1.34. The number of H-pyrrole nitrogens is 1. The number of urea groups is 1. The van der Waals surface area contributed by atoms with Crippen molar-refractivity contribution < 1.29 is 9.53 Å². The summed E-state index contributed by atoms with van der Waals surface area (Å²) in [5, 5.41) is 17.3. The van der Waals surface area contributed by atoms with Crippen LogP contribution in [-0.2, 0) is 4.74 Å². The molecule has 0 radical (unpaired) electrons. The first-order valence-corrected chi connectivity index (χ1v) is 9.85. The molecule has 1 fully saturated rings. The maximum absolute atomic E-state index is 12.3. The van der Waals surface area contributed by atoms with Crippen LogP contribution in [0.1, 0.15) is 31.4 Å². The largest absolute Gasteiger partial charge is 0.381 e. The number of pyridine rings is 1. The van der Waals surface area contributed by atoms with Crippen molar-refractivity contribution in [3.8, 4) is 0 Å². The number of carbonyl (C=O) groups is 1. The van der Waals surface area contributed by atoms with Crippen LogP contribution in [0.25, 0.3) is 10.9 Å². The number of nitrogens with one attached hydrogen (secondary N) is 4. The number of methoxy groups -OCH3 is 1. The number of aromatic amines is 1. The van der Waals surface area contributed by atoms with Crippen molar-refractivity contribution in [2.24, 2.45) is 5.92 Å². The Morgan fingerprint density at radius 1 is 1.31 bits per heavy atom. The quantitative estimate of drug-likeness (QED) is 0.489. The van der Waals surface area contributed by atoms with E-state index in [0.717, 1.165) is 41.7 Å². The molecule has 4 rings (SSSR count). The Morgan fingerprint density at radius 2 is 2.10 bits per heavy atom. The summed E-state index contributed by atoms with van der Waals surface area (Å²) in [6, 6.07) is 11.2. The lowest BCUT2D eigenvalue weighted by molar-refractivity contribution is 0.00562. The minimum absolute atomic E-state index is 0.105. The number of carbonyl (C=O) groups excluding carboxylic acids is 1. The molecule has 4 N–H and O–H groups in total. The fourth-order valence-electron chi connectivity index (χ4n) is 3.56. The highest BCUT2D eigenvalue weighted by atomic mass is 16.5. The molecular weight excluding hydrogens is 368 g/mol. The first kappa shape index (κ1) is 19.2. The zero-order valence-corrected chi connectivity index (χ0v) is 16.6. The van der Waals surface area contributed by atoms with Crippen LogP contribution < -0.4 is 16.0 Å². The molecule has 2 aromatic heterocycles. The molecule has 3 aromatic rings. The summed E-state index contributed by atoms with van der Waals surface area (Å²) in [5.41, 5.74) is 1.86. The van der Waals surface area contributed by atoms with Gasteiger partial charge in [-0.2, -0.15) is 5.10 Å². The average molecular weight is 394 g/mol. The van der Waals surface area contributed by atoms with Gasteiger partial charge in [0.05, 0.1) is 23.0 Å². The molecule has 0 spiro atoms. The summed E-state index contributed by atoms with van der Waals surface area (Å²) < 4.78 is 5.32. The second kappa shape index (κ2) is 8.48. The molecule has 1 aliphatic rings. The first-order chi connectivity index (χ1) is 14.1. The predicted molar refractivity (Wildman–Crippen MR) is 113 cm³/mol. The summed E-state index contributed by atoms with van der Waals surface area (Å²) in [4.78, 5) is 16.6. The molecule has 29 heavy (non-hydrogen) atoms. The number of benzene rings is 1. The van der Waals surface area contributed by atoms with Gasteiger partial charge >= 0.3 is 6.03 Å². The SMILES string of the molecule is COC1CC(CNc2n[nH]c3cc(NC(=O)NC(C)c4ccccc4)ncc23)C1. The molecule has 1 aliphatic carbocycles. The molecule has 1 atom stereocenters. The third-order valence-electron chi connectivity index (χ3n) is 5.42. The fraction of sp³-hybridized carbons (Fsp3) is 0.381. The number of rotatable bonds is 7. The molecule has 152 valence electrons. The zero-order valence-electron chi connectivity index (χ0n) is 16.6.